The fourth-order valence-electron chi connectivity index (χ4n) is 3.76. The second-order valence-electron chi connectivity index (χ2n) is 6.88. The van der Waals surface area contributed by atoms with E-state index in [1.165, 1.54) is 11.6 Å². The van der Waals surface area contributed by atoms with Crippen molar-refractivity contribution in [1.29, 1.82) is 0 Å². The maximum atomic E-state index is 12.7. The number of nitrogens with one attached hydrogen (secondary N) is 1. The van der Waals surface area contributed by atoms with Crippen molar-refractivity contribution in [1.82, 2.24) is 14.8 Å². The summed E-state index contributed by atoms with van der Waals surface area (Å²) in [4.78, 5) is 42.6. The summed E-state index contributed by atoms with van der Waals surface area (Å²) < 4.78 is 5.68. The van der Waals surface area contributed by atoms with Gasteiger partial charge >= 0.3 is 0 Å². The van der Waals surface area contributed by atoms with Crippen LogP contribution < -0.4 is 5.56 Å². The van der Waals surface area contributed by atoms with Crippen LogP contribution >= 0.6 is 0 Å². The van der Waals surface area contributed by atoms with Crippen LogP contribution in [0.2, 0.25) is 0 Å². The zero-order chi connectivity index (χ0) is 18.8. The Bertz CT molecular complexity index is 895. The van der Waals surface area contributed by atoms with Crippen molar-refractivity contribution in [2.75, 3.05) is 26.2 Å². The lowest BCUT2D eigenvalue weighted by atomic mass is 10.1. The molecule has 2 amide bonds. The van der Waals surface area contributed by atoms with Crippen molar-refractivity contribution in [3.8, 4) is 0 Å². The highest BCUT2D eigenvalue weighted by atomic mass is 16.5. The van der Waals surface area contributed by atoms with Gasteiger partial charge in [0.15, 0.2) is 0 Å². The molecular formula is C20H21N3O4. The number of benzene rings is 1. The Balaban J connectivity index is 1.47. The fourth-order valence-corrected chi connectivity index (χ4v) is 3.76. The SMILES string of the molecule is O=C(c1cccc(=O)[nH]1)N1C[C@@H]2OCC(=O)N(CCc3ccccc3)[C@H]2C1. The fraction of sp³-hybridized carbons (Fsp3) is 0.350. The normalized spacial score (nSPS) is 22.0. The highest BCUT2D eigenvalue weighted by molar-refractivity contribution is 5.92. The van der Waals surface area contributed by atoms with Gasteiger partial charge < -0.3 is 19.5 Å². The van der Waals surface area contributed by atoms with Crippen LogP contribution in [0.3, 0.4) is 0 Å². The van der Waals surface area contributed by atoms with Crippen molar-refractivity contribution in [2.24, 2.45) is 0 Å². The number of H-pyrrole nitrogens is 1. The number of likely N-dealkylation sites (tertiary alicyclic amines) is 1. The molecule has 0 radical (unpaired) electrons. The van der Waals surface area contributed by atoms with Crippen LogP contribution in [-0.4, -0.2) is 65.0 Å². The van der Waals surface area contributed by atoms with E-state index in [4.69, 9.17) is 4.74 Å². The first kappa shape index (κ1) is 17.5. The predicted molar refractivity (Wildman–Crippen MR) is 98.4 cm³/mol. The summed E-state index contributed by atoms with van der Waals surface area (Å²) in [6.07, 6.45) is 0.563. The van der Waals surface area contributed by atoms with Crippen LogP contribution in [0.4, 0.5) is 0 Å². The second kappa shape index (κ2) is 7.36. The minimum Gasteiger partial charge on any atom is -0.364 e. The molecule has 0 unspecified atom stereocenters. The van der Waals surface area contributed by atoms with E-state index in [-0.39, 0.29) is 41.8 Å². The number of nitrogens with zero attached hydrogens (tertiary/aromatic N) is 2. The molecule has 0 bridgehead atoms. The van der Waals surface area contributed by atoms with E-state index in [1.807, 2.05) is 35.2 Å². The van der Waals surface area contributed by atoms with Gasteiger partial charge in [0.1, 0.15) is 12.3 Å². The number of carbonyl (C=O) groups excluding carboxylic acids is 2. The maximum Gasteiger partial charge on any atom is 0.270 e. The number of hydrogen-bond donors (Lipinski definition) is 1. The lowest BCUT2D eigenvalue weighted by Crippen LogP contribution is -2.54. The molecule has 2 saturated heterocycles. The van der Waals surface area contributed by atoms with Crippen molar-refractivity contribution >= 4 is 11.8 Å². The summed E-state index contributed by atoms with van der Waals surface area (Å²) in [6.45, 7) is 1.45. The van der Waals surface area contributed by atoms with E-state index in [0.717, 1.165) is 6.42 Å². The summed E-state index contributed by atoms with van der Waals surface area (Å²) in [5.41, 5.74) is 1.11. The van der Waals surface area contributed by atoms with E-state index in [2.05, 4.69) is 4.98 Å². The Labute approximate surface area is 156 Å². The Morgan fingerprint density at radius 3 is 2.67 bits per heavy atom. The van der Waals surface area contributed by atoms with Gasteiger partial charge in [0.2, 0.25) is 11.5 Å². The van der Waals surface area contributed by atoms with E-state index < -0.39 is 0 Å². The van der Waals surface area contributed by atoms with Gasteiger partial charge in [-0.3, -0.25) is 14.4 Å². The third-order valence-electron chi connectivity index (χ3n) is 5.15. The molecule has 2 atom stereocenters. The van der Waals surface area contributed by atoms with Crippen LogP contribution in [-0.2, 0) is 16.0 Å². The van der Waals surface area contributed by atoms with Gasteiger partial charge in [0, 0.05) is 25.7 Å². The largest absolute Gasteiger partial charge is 0.364 e. The zero-order valence-corrected chi connectivity index (χ0v) is 14.8. The number of pyridine rings is 1. The first-order valence-electron chi connectivity index (χ1n) is 9.05. The van der Waals surface area contributed by atoms with Gasteiger partial charge in [0.05, 0.1) is 12.1 Å². The Hall–Kier alpha value is -2.93. The molecule has 2 fully saturated rings. The van der Waals surface area contributed by atoms with Crippen molar-refractivity contribution in [3.05, 3.63) is 70.1 Å². The molecule has 140 valence electrons. The van der Waals surface area contributed by atoms with Gasteiger partial charge in [-0.25, -0.2) is 0 Å². The van der Waals surface area contributed by atoms with Crippen LogP contribution in [0.25, 0.3) is 0 Å². The number of amides is 2. The third-order valence-corrected chi connectivity index (χ3v) is 5.15. The van der Waals surface area contributed by atoms with Gasteiger partial charge in [-0.2, -0.15) is 0 Å². The maximum absolute atomic E-state index is 12.7. The topological polar surface area (TPSA) is 82.7 Å². The van der Waals surface area contributed by atoms with Gasteiger partial charge in [-0.05, 0) is 18.1 Å². The van der Waals surface area contributed by atoms with E-state index in [9.17, 15) is 14.4 Å². The Kier molecular flexibility index (Phi) is 4.77. The number of fused-ring (bicyclic) bond motifs is 1. The molecule has 4 rings (SSSR count). The second-order valence-corrected chi connectivity index (χ2v) is 6.88. The first-order valence-corrected chi connectivity index (χ1v) is 9.05. The average molecular weight is 367 g/mol. The van der Waals surface area contributed by atoms with Crippen molar-refractivity contribution < 1.29 is 14.3 Å². The molecule has 3 heterocycles. The molecule has 2 aliphatic rings. The summed E-state index contributed by atoms with van der Waals surface area (Å²) in [7, 11) is 0. The van der Waals surface area contributed by atoms with Crippen molar-refractivity contribution in [3.63, 3.8) is 0 Å². The molecule has 7 nitrogen and oxygen atoms in total. The smallest absolute Gasteiger partial charge is 0.270 e. The van der Waals surface area contributed by atoms with Crippen molar-refractivity contribution in [2.45, 2.75) is 18.6 Å². The third kappa shape index (κ3) is 3.64. The zero-order valence-electron chi connectivity index (χ0n) is 14.8. The molecule has 27 heavy (non-hydrogen) atoms. The van der Waals surface area contributed by atoms with Crippen LogP contribution in [0, 0.1) is 0 Å². The molecular weight excluding hydrogens is 346 g/mol. The molecule has 7 heteroatoms. The summed E-state index contributed by atoms with van der Waals surface area (Å²) >= 11 is 0. The summed E-state index contributed by atoms with van der Waals surface area (Å²) in [5, 5.41) is 0. The lowest BCUT2D eigenvalue weighted by molar-refractivity contribution is -0.152. The first-order chi connectivity index (χ1) is 13.1. The number of hydrogen-bond acceptors (Lipinski definition) is 4. The predicted octanol–water partition coefficient (Wildman–Crippen LogP) is 0.669. The molecule has 0 spiro atoms. The minimum atomic E-state index is -0.312. The number of ether oxygens (including phenoxy) is 1. The highest BCUT2D eigenvalue weighted by Gasteiger charge is 2.44. The molecule has 1 aromatic heterocycles. The number of morpholine rings is 1. The van der Waals surface area contributed by atoms with Crippen LogP contribution in [0.15, 0.2) is 53.3 Å². The van der Waals surface area contributed by atoms with E-state index >= 15 is 0 Å². The Morgan fingerprint density at radius 1 is 1.07 bits per heavy atom. The van der Waals surface area contributed by atoms with Crippen LogP contribution in [0.5, 0.6) is 0 Å². The molecule has 0 saturated carbocycles. The molecule has 1 N–H and O–H groups in total. The number of carbonyl (C=O) groups is 2. The lowest BCUT2D eigenvalue weighted by Gasteiger charge is -2.36. The molecule has 0 aliphatic carbocycles. The quantitative estimate of drug-likeness (QED) is 0.861. The molecule has 2 aliphatic heterocycles. The number of aromatic amines is 1. The molecule has 1 aromatic carbocycles. The Morgan fingerprint density at radius 2 is 1.89 bits per heavy atom. The monoisotopic (exact) mass is 367 g/mol. The minimum absolute atomic E-state index is 0.0418. The summed E-state index contributed by atoms with van der Waals surface area (Å²) in [6, 6.07) is 14.4. The highest BCUT2D eigenvalue weighted by Crippen LogP contribution is 2.25. The molecule has 2 aromatic rings. The number of rotatable bonds is 4. The van der Waals surface area contributed by atoms with Gasteiger partial charge in [-0.15, -0.1) is 0 Å². The number of aromatic nitrogens is 1. The summed E-state index contributed by atoms with van der Waals surface area (Å²) in [5.74, 6) is -0.296. The average Bonchev–Trinajstić information content (AvgIpc) is 3.12. The van der Waals surface area contributed by atoms with Crippen LogP contribution in [0.1, 0.15) is 16.1 Å². The van der Waals surface area contributed by atoms with Gasteiger partial charge in [-0.1, -0.05) is 36.4 Å². The van der Waals surface area contributed by atoms with Gasteiger partial charge in [0.25, 0.3) is 5.91 Å². The standard InChI is InChI=1S/C20H21N3O4/c24-18-8-4-7-15(21-18)20(26)22-11-16-17(12-22)27-13-19(25)23(16)10-9-14-5-2-1-3-6-14/h1-8,16-17H,9-13H2,(H,21,24)/t16-,17-/m0/s1. The van der Waals surface area contributed by atoms with E-state index in [1.54, 1.807) is 17.0 Å². The van der Waals surface area contributed by atoms with E-state index in [0.29, 0.717) is 19.6 Å².